The average Bonchev–Trinajstić information content (AvgIpc) is 2.97. The van der Waals surface area contributed by atoms with Gasteiger partial charge in [-0.2, -0.15) is 0 Å². The highest BCUT2D eigenvalue weighted by Gasteiger charge is 2.19. The first kappa shape index (κ1) is 16.9. The number of Topliss-reactive ketones (excluding diaryl/α,β-unsaturated/α-hetero) is 1. The van der Waals surface area contributed by atoms with Gasteiger partial charge in [0.2, 0.25) is 0 Å². The molecule has 0 aliphatic heterocycles. The van der Waals surface area contributed by atoms with E-state index < -0.39 is 0 Å². The molecule has 0 saturated carbocycles. The predicted octanol–water partition coefficient (Wildman–Crippen LogP) is 3.42. The van der Waals surface area contributed by atoms with Crippen molar-refractivity contribution >= 4 is 22.7 Å². The van der Waals surface area contributed by atoms with Gasteiger partial charge >= 0.3 is 0 Å². The second-order valence-electron chi connectivity index (χ2n) is 6.22. The minimum atomic E-state index is -0.335. The number of imidazole rings is 1. The molecule has 0 bridgehead atoms. The van der Waals surface area contributed by atoms with Crippen molar-refractivity contribution in [3.8, 4) is 0 Å². The standard InChI is InChI=1S/C20H21N3O2/c1-13-8-10-16(11-9-13)20(25)21-12-19-22-17-6-4-5-7-18(17)23(19)14(2)15(3)24/h4-11,14H,12H2,1-3H3,(H,21,25). The van der Waals surface area contributed by atoms with Gasteiger partial charge in [0.1, 0.15) is 5.82 Å². The highest BCUT2D eigenvalue weighted by molar-refractivity contribution is 5.94. The number of fused-ring (bicyclic) bond motifs is 1. The number of para-hydroxylation sites is 2. The van der Waals surface area contributed by atoms with Gasteiger partial charge in [0.25, 0.3) is 5.91 Å². The van der Waals surface area contributed by atoms with Crippen molar-refractivity contribution in [3.63, 3.8) is 0 Å². The van der Waals surface area contributed by atoms with Gasteiger partial charge in [-0.15, -0.1) is 0 Å². The second-order valence-corrected chi connectivity index (χ2v) is 6.22. The van der Waals surface area contributed by atoms with Gasteiger partial charge in [0, 0.05) is 5.56 Å². The zero-order chi connectivity index (χ0) is 18.0. The Bertz CT molecular complexity index is 926. The summed E-state index contributed by atoms with van der Waals surface area (Å²) < 4.78 is 1.90. The maximum atomic E-state index is 12.3. The molecule has 1 unspecified atom stereocenters. The molecule has 128 valence electrons. The van der Waals surface area contributed by atoms with Crippen molar-refractivity contribution < 1.29 is 9.59 Å². The number of carbonyl (C=O) groups is 2. The number of amides is 1. The zero-order valence-electron chi connectivity index (χ0n) is 14.6. The van der Waals surface area contributed by atoms with Crippen LogP contribution in [0.2, 0.25) is 0 Å². The fourth-order valence-corrected chi connectivity index (χ4v) is 2.80. The first-order valence-corrected chi connectivity index (χ1v) is 8.28. The molecule has 2 aromatic carbocycles. The number of aryl methyl sites for hydroxylation is 1. The van der Waals surface area contributed by atoms with Crippen molar-refractivity contribution in [2.24, 2.45) is 0 Å². The summed E-state index contributed by atoms with van der Waals surface area (Å²) in [6.07, 6.45) is 0. The molecule has 3 aromatic rings. The predicted molar refractivity (Wildman–Crippen MR) is 97.5 cm³/mol. The zero-order valence-corrected chi connectivity index (χ0v) is 14.6. The van der Waals surface area contributed by atoms with Crippen molar-refractivity contribution in [1.82, 2.24) is 14.9 Å². The number of carbonyl (C=O) groups excluding carboxylic acids is 2. The third-order valence-corrected chi connectivity index (χ3v) is 4.37. The summed E-state index contributed by atoms with van der Waals surface area (Å²) in [6, 6.07) is 14.7. The molecule has 0 fully saturated rings. The van der Waals surface area contributed by atoms with Gasteiger partial charge in [-0.3, -0.25) is 9.59 Å². The number of hydrogen-bond acceptors (Lipinski definition) is 3. The molecule has 0 saturated heterocycles. The van der Waals surface area contributed by atoms with Crippen LogP contribution < -0.4 is 5.32 Å². The molecule has 1 N–H and O–H groups in total. The number of aromatic nitrogens is 2. The highest BCUT2D eigenvalue weighted by Crippen LogP contribution is 2.21. The number of hydrogen-bond donors (Lipinski definition) is 1. The van der Waals surface area contributed by atoms with Crippen molar-refractivity contribution in [1.29, 1.82) is 0 Å². The molecule has 1 amide bonds. The van der Waals surface area contributed by atoms with Crippen LogP contribution in [0, 0.1) is 6.92 Å². The van der Waals surface area contributed by atoms with E-state index in [9.17, 15) is 9.59 Å². The second kappa shape index (κ2) is 6.89. The molecule has 5 heteroatoms. The molecule has 0 aliphatic rings. The molecule has 25 heavy (non-hydrogen) atoms. The van der Waals surface area contributed by atoms with Crippen LogP contribution in [0.3, 0.4) is 0 Å². The van der Waals surface area contributed by atoms with Crippen LogP contribution in [-0.4, -0.2) is 21.2 Å². The number of nitrogens with zero attached hydrogens (tertiary/aromatic N) is 2. The average molecular weight is 335 g/mol. The Balaban J connectivity index is 1.88. The third kappa shape index (κ3) is 3.45. The van der Waals surface area contributed by atoms with Crippen molar-refractivity contribution in [3.05, 3.63) is 65.5 Å². The van der Waals surface area contributed by atoms with E-state index in [2.05, 4.69) is 10.3 Å². The SMILES string of the molecule is CC(=O)C(C)n1c(CNC(=O)c2ccc(C)cc2)nc2ccccc21. The summed E-state index contributed by atoms with van der Waals surface area (Å²) in [5.41, 5.74) is 3.42. The Kier molecular flexibility index (Phi) is 4.65. The molecular weight excluding hydrogens is 314 g/mol. The fraction of sp³-hybridized carbons (Fsp3) is 0.250. The van der Waals surface area contributed by atoms with E-state index in [-0.39, 0.29) is 24.3 Å². The minimum Gasteiger partial charge on any atom is -0.345 e. The molecule has 3 rings (SSSR count). The largest absolute Gasteiger partial charge is 0.345 e. The minimum absolute atomic E-state index is 0.0502. The quantitative estimate of drug-likeness (QED) is 0.777. The molecule has 1 aromatic heterocycles. The van der Waals surface area contributed by atoms with Crippen LogP contribution >= 0.6 is 0 Å². The van der Waals surface area contributed by atoms with Crippen molar-refractivity contribution in [2.45, 2.75) is 33.4 Å². The lowest BCUT2D eigenvalue weighted by molar-refractivity contribution is -0.119. The fourth-order valence-electron chi connectivity index (χ4n) is 2.80. The molecule has 0 radical (unpaired) electrons. The van der Waals surface area contributed by atoms with Gasteiger partial charge in [-0.1, -0.05) is 29.8 Å². The molecule has 0 aliphatic carbocycles. The lowest BCUT2D eigenvalue weighted by atomic mass is 10.1. The Morgan fingerprint density at radius 1 is 1.12 bits per heavy atom. The lowest BCUT2D eigenvalue weighted by Gasteiger charge is -2.15. The van der Waals surface area contributed by atoms with Gasteiger partial charge in [0.05, 0.1) is 23.6 Å². The molecule has 1 atom stereocenters. The Labute approximate surface area is 146 Å². The molecule has 5 nitrogen and oxygen atoms in total. The first-order valence-electron chi connectivity index (χ1n) is 8.28. The van der Waals surface area contributed by atoms with Gasteiger partial charge in [0.15, 0.2) is 5.78 Å². The Morgan fingerprint density at radius 3 is 2.48 bits per heavy atom. The van der Waals surface area contributed by atoms with Crippen LogP contribution in [0.5, 0.6) is 0 Å². The van der Waals surface area contributed by atoms with E-state index in [4.69, 9.17) is 0 Å². The maximum absolute atomic E-state index is 12.3. The summed E-state index contributed by atoms with van der Waals surface area (Å²) >= 11 is 0. The van der Waals surface area contributed by atoms with Crippen LogP contribution in [0.25, 0.3) is 11.0 Å². The molecule has 0 spiro atoms. The normalized spacial score (nSPS) is 12.1. The Hall–Kier alpha value is -2.95. The first-order chi connectivity index (χ1) is 12.0. The van der Waals surface area contributed by atoms with Gasteiger partial charge in [-0.25, -0.2) is 4.98 Å². The maximum Gasteiger partial charge on any atom is 0.251 e. The van der Waals surface area contributed by atoms with Crippen molar-refractivity contribution in [2.75, 3.05) is 0 Å². The van der Waals surface area contributed by atoms with E-state index in [1.54, 1.807) is 19.1 Å². The van der Waals surface area contributed by atoms with Crippen LogP contribution in [-0.2, 0) is 11.3 Å². The number of nitrogens with one attached hydrogen (secondary N) is 1. The number of rotatable bonds is 5. The summed E-state index contributed by atoms with van der Waals surface area (Å²) in [5.74, 6) is 0.563. The van der Waals surface area contributed by atoms with Gasteiger partial charge < -0.3 is 9.88 Å². The van der Waals surface area contributed by atoms with E-state index >= 15 is 0 Å². The highest BCUT2D eigenvalue weighted by atomic mass is 16.1. The van der Waals surface area contributed by atoms with Crippen LogP contribution in [0.15, 0.2) is 48.5 Å². The molecular formula is C20H21N3O2. The molecule has 1 heterocycles. The van der Waals surface area contributed by atoms with E-state index in [1.807, 2.05) is 54.8 Å². The lowest BCUT2D eigenvalue weighted by Crippen LogP contribution is -2.26. The van der Waals surface area contributed by atoms with Crippen LogP contribution in [0.4, 0.5) is 0 Å². The summed E-state index contributed by atoms with van der Waals surface area (Å²) in [4.78, 5) is 28.8. The smallest absolute Gasteiger partial charge is 0.251 e. The summed E-state index contributed by atoms with van der Waals surface area (Å²) in [7, 11) is 0. The third-order valence-electron chi connectivity index (χ3n) is 4.37. The summed E-state index contributed by atoms with van der Waals surface area (Å²) in [5, 5.41) is 2.90. The van der Waals surface area contributed by atoms with E-state index in [1.165, 1.54) is 0 Å². The van der Waals surface area contributed by atoms with Gasteiger partial charge in [-0.05, 0) is 45.0 Å². The number of ketones is 1. The van der Waals surface area contributed by atoms with E-state index in [0.717, 1.165) is 16.6 Å². The monoisotopic (exact) mass is 335 g/mol. The number of benzene rings is 2. The summed E-state index contributed by atoms with van der Waals surface area (Å²) in [6.45, 7) is 5.65. The van der Waals surface area contributed by atoms with Crippen LogP contribution in [0.1, 0.15) is 41.6 Å². The van der Waals surface area contributed by atoms with E-state index in [0.29, 0.717) is 11.4 Å². The topological polar surface area (TPSA) is 64.0 Å². The Morgan fingerprint density at radius 2 is 1.80 bits per heavy atom.